The van der Waals surface area contributed by atoms with Crippen LogP contribution < -0.4 is 22.9 Å². The van der Waals surface area contributed by atoms with Crippen LogP contribution in [0.3, 0.4) is 0 Å². The van der Waals surface area contributed by atoms with E-state index in [-0.39, 0.29) is 0 Å². The van der Waals surface area contributed by atoms with Crippen molar-refractivity contribution in [1.82, 2.24) is 0 Å². The number of para-hydroxylation sites is 4. The Morgan fingerprint density at radius 1 is 0.395 bits per heavy atom. The Morgan fingerprint density at radius 3 is 0.947 bits per heavy atom. The zero-order valence-corrected chi connectivity index (χ0v) is 24.4. The Balaban J connectivity index is 0.000000212. The SMILES string of the molecule is Nc1ccccc1SC/C=C/CSc1ccccc1N.Nc1ccccc1SCCSc1ccccc1N. The summed E-state index contributed by atoms with van der Waals surface area (Å²) in [5, 5.41) is 0. The predicted octanol–water partition coefficient (Wildman–Crippen LogP) is 8.03. The summed E-state index contributed by atoms with van der Waals surface area (Å²) in [4.78, 5) is 4.58. The standard InChI is InChI=1S/C16H18N2S2.C14H16N2S2/c17-13-7-1-3-9-15(13)19-11-5-6-12-20-16-10-4-2-8-14(16)18;15-11-5-1-3-7-13(11)17-9-10-18-14-8-4-2-6-12(14)16/h1-10H,11-12,17-18H2;1-8H,9-10,15-16H2/b6-5+;. The molecule has 0 bridgehead atoms. The van der Waals surface area contributed by atoms with Gasteiger partial charge in [0.25, 0.3) is 0 Å². The minimum Gasteiger partial charge on any atom is -0.398 e. The van der Waals surface area contributed by atoms with E-state index in [0.717, 1.165) is 65.3 Å². The zero-order valence-electron chi connectivity index (χ0n) is 21.2. The lowest BCUT2D eigenvalue weighted by Gasteiger charge is -2.06. The number of rotatable bonds is 11. The third-order valence-corrected chi connectivity index (χ3v) is 9.64. The second-order valence-electron chi connectivity index (χ2n) is 7.94. The summed E-state index contributed by atoms with van der Waals surface area (Å²) in [5.74, 6) is 3.90. The molecule has 198 valence electrons. The Labute approximate surface area is 243 Å². The van der Waals surface area contributed by atoms with Crippen LogP contribution in [0.5, 0.6) is 0 Å². The van der Waals surface area contributed by atoms with Gasteiger partial charge in [0.15, 0.2) is 0 Å². The molecule has 4 aromatic rings. The van der Waals surface area contributed by atoms with Crippen molar-refractivity contribution in [3.63, 3.8) is 0 Å². The van der Waals surface area contributed by atoms with E-state index < -0.39 is 0 Å². The van der Waals surface area contributed by atoms with Gasteiger partial charge in [-0.3, -0.25) is 0 Å². The lowest BCUT2D eigenvalue weighted by molar-refractivity contribution is 1.42. The smallest absolute Gasteiger partial charge is 0.0452 e. The molecule has 4 nitrogen and oxygen atoms in total. The summed E-state index contributed by atoms with van der Waals surface area (Å²) >= 11 is 7.07. The maximum atomic E-state index is 5.89. The summed E-state index contributed by atoms with van der Waals surface area (Å²) in [6.45, 7) is 0. The molecule has 0 aliphatic rings. The van der Waals surface area contributed by atoms with Crippen molar-refractivity contribution < 1.29 is 0 Å². The van der Waals surface area contributed by atoms with Gasteiger partial charge in [-0.25, -0.2) is 0 Å². The van der Waals surface area contributed by atoms with Crippen LogP contribution in [0, 0.1) is 0 Å². The second-order valence-corrected chi connectivity index (χ2v) is 12.3. The molecule has 0 atom stereocenters. The first-order valence-corrected chi connectivity index (χ1v) is 16.0. The quantitative estimate of drug-likeness (QED) is 0.0614. The van der Waals surface area contributed by atoms with Gasteiger partial charge in [0.2, 0.25) is 0 Å². The maximum absolute atomic E-state index is 5.89. The summed E-state index contributed by atoms with van der Waals surface area (Å²) < 4.78 is 0. The Morgan fingerprint density at radius 2 is 0.658 bits per heavy atom. The van der Waals surface area contributed by atoms with E-state index in [2.05, 4.69) is 24.3 Å². The lowest BCUT2D eigenvalue weighted by Crippen LogP contribution is -1.91. The molecule has 0 heterocycles. The molecule has 0 aromatic heterocycles. The maximum Gasteiger partial charge on any atom is 0.0452 e. The third-order valence-electron chi connectivity index (χ3n) is 5.11. The zero-order chi connectivity index (χ0) is 27.0. The molecule has 8 heteroatoms. The van der Waals surface area contributed by atoms with E-state index in [1.165, 1.54) is 0 Å². The molecule has 8 N–H and O–H groups in total. The van der Waals surface area contributed by atoms with Crippen molar-refractivity contribution in [3.8, 4) is 0 Å². The summed E-state index contributed by atoms with van der Waals surface area (Å²) in [5.41, 5.74) is 27.0. The number of hydrogen-bond donors (Lipinski definition) is 4. The van der Waals surface area contributed by atoms with E-state index in [1.54, 1.807) is 47.0 Å². The molecule has 0 unspecified atom stereocenters. The first kappa shape index (κ1) is 29.8. The highest BCUT2D eigenvalue weighted by Gasteiger charge is 2.01. The van der Waals surface area contributed by atoms with E-state index in [4.69, 9.17) is 22.9 Å². The minimum absolute atomic E-state index is 0.845. The average Bonchev–Trinajstić information content (AvgIpc) is 2.93. The van der Waals surface area contributed by atoms with E-state index in [9.17, 15) is 0 Å². The summed E-state index contributed by atoms with van der Waals surface area (Å²) in [6, 6.07) is 31.8. The number of thioether (sulfide) groups is 4. The van der Waals surface area contributed by atoms with Gasteiger partial charge < -0.3 is 22.9 Å². The van der Waals surface area contributed by atoms with Crippen molar-refractivity contribution in [2.24, 2.45) is 0 Å². The molecule has 0 saturated heterocycles. The van der Waals surface area contributed by atoms with Crippen molar-refractivity contribution >= 4 is 69.8 Å². The van der Waals surface area contributed by atoms with E-state index in [1.807, 2.05) is 84.9 Å². The van der Waals surface area contributed by atoms with Crippen LogP contribution in [0.1, 0.15) is 0 Å². The molecule has 0 fully saturated rings. The van der Waals surface area contributed by atoms with Gasteiger partial charge in [0.05, 0.1) is 0 Å². The van der Waals surface area contributed by atoms with Gasteiger partial charge in [0.1, 0.15) is 0 Å². The monoisotopic (exact) mass is 578 g/mol. The predicted molar refractivity (Wildman–Crippen MR) is 175 cm³/mol. The fourth-order valence-electron chi connectivity index (χ4n) is 3.16. The largest absolute Gasteiger partial charge is 0.398 e. The molecule has 38 heavy (non-hydrogen) atoms. The highest BCUT2D eigenvalue weighted by atomic mass is 32.2. The van der Waals surface area contributed by atoms with Crippen LogP contribution in [0.25, 0.3) is 0 Å². The molecule has 0 saturated carbocycles. The number of anilines is 4. The van der Waals surface area contributed by atoms with Crippen molar-refractivity contribution in [2.75, 3.05) is 45.9 Å². The van der Waals surface area contributed by atoms with Gasteiger partial charge in [-0.15, -0.1) is 47.0 Å². The summed E-state index contributed by atoms with van der Waals surface area (Å²) in [7, 11) is 0. The van der Waals surface area contributed by atoms with Crippen molar-refractivity contribution in [3.05, 3.63) is 109 Å². The van der Waals surface area contributed by atoms with Gasteiger partial charge in [-0.05, 0) is 48.5 Å². The van der Waals surface area contributed by atoms with Gasteiger partial charge >= 0.3 is 0 Å². The Hall–Kier alpha value is -2.78. The van der Waals surface area contributed by atoms with Gasteiger partial charge in [0, 0.05) is 65.3 Å². The first-order chi connectivity index (χ1) is 18.5. The van der Waals surface area contributed by atoms with Crippen molar-refractivity contribution in [1.29, 1.82) is 0 Å². The second kappa shape index (κ2) is 16.9. The number of benzene rings is 4. The Kier molecular flexibility index (Phi) is 13.3. The summed E-state index contributed by atoms with van der Waals surface area (Å²) in [6.07, 6.45) is 4.34. The van der Waals surface area contributed by atoms with Crippen LogP contribution in [-0.4, -0.2) is 23.0 Å². The van der Waals surface area contributed by atoms with Crippen molar-refractivity contribution in [2.45, 2.75) is 19.6 Å². The molecule has 0 radical (unpaired) electrons. The lowest BCUT2D eigenvalue weighted by atomic mass is 10.3. The topological polar surface area (TPSA) is 104 Å². The normalized spacial score (nSPS) is 10.7. The molecule has 4 rings (SSSR count). The van der Waals surface area contributed by atoms with E-state index >= 15 is 0 Å². The third kappa shape index (κ3) is 10.5. The van der Waals surface area contributed by atoms with Crippen LogP contribution in [-0.2, 0) is 0 Å². The highest BCUT2D eigenvalue weighted by Crippen LogP contribution is 2.29. The van der Waals surface area contributed by atoms with Gasteiger partial charge in [-0.1, -0.05) is 60.7 Å². The Bertz CT molecular complexity index is 1200. The van der Waals surface area contributed by atoms with E-state index in [0.29, 0.717) is 0 Å². The molecule has 0 amide bonds. The molecule has 0 aliphatic carbocycles. The average molecular weight is 579 g/mol. The molecular formula is C30H34N4S4. The van der Waals surface area contributed by atoms with Crippen LogP contribution in [0.2, 0.25) is 0 Å². The molecule has 4 aromatic carbocycles. The number of nitrogen functional groups attached to an aromatic ring is 4. The fraction of sp³-hybridized carbons (Fsp3) is 0.133. The molecule has 0 aliphatic heterocycles. The van der Waals surface area contributed by atoms with Crippen LogP contribution in [0.15, 0.2) is 129 Å². The number of nitrogens with two attached hydrogens (primary N) is 4. The number of hydrogen-bond acceptors (Lipinski definition) is 8. The minimum atomic E-state index is 0.845. The van der Waals surface area contributed by atoms with Crippen LogP contribution in [0.4, 0.5) is 22.7 Å². The first-order valence-electron chi connectivity index (χ1n) is 12.1. The molecule has 0 spiro atoms. The molecular weight excluding hydrogens is 545 g/mol. The van der Waals surface area contributed by atoms with Crippen LogP contribution >= 0.6 is 47.0 Å². The van der Waals surface area contributed by atoms with Gasteiger partial charge in [-0.2, -0.15) is 0 Å². The highest BCUT2D eigenvalue weighted by molar-refractivity contribution is 8.03. The fourth-order valence-corrected chi connectivity index (χ4v) is 6.73.